The van der Waals surface area contributed by atoms with Crippen molar-refractivity contribution in [3.63, 3.8) is 0 Å². The largest absolute Gasteiger partial charge is 0.380 e. The lowest BCUT2D eigenvalue weighted by molar-refractivity contribution is 0.0674. The fourth-order valence-electron chi connectivity index (χ4n) is 2.06. The molecule has 1 aromatic carbocycles. The number of methoxy groups -OCH3 is 1. The molecule has 0 spiro atoms. The second-order valence-corrected chi connectivity index (χ2v) is 4.63. The number of morpholine rings is 1. The second kappa shape index (κ2) is 7.21. The molecule has 2 rings (SSSR count). The van der Waals surface area contributed by atoms with E-state index in [1.807, 2.05) is 4.90 Å². The lowest BCUT2D eigenvalue weighted by atomic mass is 10.1. The predicted molar refractivity (Wildman–Crippen MR) is 74.8 cm³/mol. The molecule has 5 nitrogen and oxygen atoms in total. The van der Waals surface area contributed by atoms with Crippen LogP contribution in [-0.2, 0) is 22.6 Å². The van der Waals surface area contributed by atoms with Gasteiger partial charge in [-0.2, -0.15) is 0 Å². The van der Waals surface area contributed by atoms with E-state index in [9.17, 15) is 4.39 Å². The minimum atomic E-state index is -0.263. The molecule has 0 unspecified atom stereocenters. The van der Waals surface area contributed by atoms with Crippen LogP contribution in [0, 0.1) is 5.82 Å². The second-order valence-electron chi connectivity index (χ2n) is 4.63. The van der Waals surface area contributed by atoms with Crippen LogP contribution in [0.15, 0.2) is 23.2 Å². The molecule has 0 bridgehead atoms. The summed E-state index contributed by atoms with van der Waals surface area (Å²) < 4.78 is 23.7. The SMILES string of the molecule is COCc1cc(CN=C(N)N2CCOCC2)ccc1F. The van der Waals surface area contributed by atoms with Gasteiger partial charge in [-0.15, -0.1) is 0 Å². The Bertz CT molecular complexity index is 473. The molecule has 0 atom stereocenters. The Morgan fingerprint density at radius 1 is 1.45 bits per heavy atom. The van der Waals surface area contributed by atoms with Crippen molar-refractivity contribution in [3.05, 3.63) is 35.1 Å². The fraction of sp³-hybridized carbons (Fsp3) is 0.500. The third kappa shape index (κ3) is 3.91. The number of nitrogens with zero attached hydrogens (tertiary/aromatic N) is 2. The van der Waals surface area contributed by atoms with Gasteiger partial charge < -0.3 is 20.1 Å². The first-order valence-electron chi connectivity index (χ1n) is 6.59. The fourth-order valence-corrected chi connectivity index (χ4v) is 2.06. The van der Waals surface area contributed by atoms with E-state index >= 15 is 0 Å². The maximum atomic E-state index is 13.5. The highest BCUT2D eigenvalue weighted by atomic mass is 19.1. The van der Waals surface area contributed by atoms with Gasteiger partial charge in [-0.25, -0.2) is 9.38 Å². The number of nitrogens with two attached hydrogens (primary N) is 1. The molecule has 2 N–H and O–H groups in total. The summed E-state index contributed by atoms with van der Waals surface area (Å²) in [5.74, 6) is 0.242. The van der Waals surface area contributed by atoms with E-state index < -0.39 is 0 Å². The van der Waals surface area contributed by atoms with Gasteiger partial charge in [0.1, 0.15) is 5.82 Å². The molecular formula is C14H20FN3O2. The van der Waals surface area contributed by atoms with Crippen LogP contribution >= 0.6 is 0 Å². The maximum absolute atomic E-state index is 13.5. The average molecular weight is 281 g/mol. The van der Waals surface area contributed by atoms with E-state index in [-0.39, 0.29) is 12.4 Å². The van der Waals surface area contributed by atoms with Gasteiger partial charge in [0.2, 0.25) is 0 Å². The highest BCUT2D eigenvalue weighted by molar-refractivity contribution is 5.78. The molecule has 1 aromatic rings. The maximum Gasteiger partial charge on any atom is 0.191 e. The number of hydrogen-bond acceptors (Lipinski definition) is 3. The molecule has 1 heterocycles. The molecule has 1 aliphatic heterocycles. The van der Waals surface area contributed by atoms with Crippen molar-refractivity contribution < 1.29 is 13.9 Å². The Morgan fingerprint density at radius 2 is 2.20 bits per heavy atom. The molecule has 110 valence electrons. The summed E-state index contributed by atoms with van der Waals surface area (Å²) in [7, 11) is 1.54. The van der Waals surface area contributed by atoms with Crippen molar-refractivity contribution in [3.8, 4) is 0 Å². The zero-order valence-electron chi connectivity index (χ0n) is 11.6. The minimum Gasteiger partial charge on any atom is -0.380 e. The quantitative estimate of drug-likeness (QED) is 0.663. The topological polar surface area (TPSA) is 60.1 Å². The number of halogens is 1. The minimum absolute atomic E-state index is 0.252. The Hall–Kier alpha value is -1.66. The van der Waals surface area contributed by atoms with Gasteiger partial charge in [-0.05, 0) is 17.7 Å². The van der Waals surface area contributed by atoms with E-state index in [2.05, 4.69) is 4.99 Å². The Labute approximate surface area is 118 Å². The van der Waals surface area contributed by atoms with Gasteiger partial charge in [0, 0.05) is 25.8 Å². The number of hydrogen-bond donors (Lipinski definition) is 1. The van der Waals surface area contributed by atoms with Crippen molar-refractivity contribution in [2.45, 2.75) is 13.2 Å². The van der Waals surface area contributed by atoms with Gasteiger partial charge in [-0.3, -0.25) is 0 Å². The van der Waals surface area contributed by atoms with E-state index in [1.165, 1.54) is 6.07 Å². The molecule has 0 radical (unpaired) electrons. The van der Waals surface area contributed by atoms with Crippen molar-refractivity contribution in [1.29, 1.82) is 0 Å². The Morgan fingerprint density at radius 3 is 2.90 bits per heavy atom. The lowest BCUT2D eigenvalue weighted by Gasteiger charge is -2.27. The van der Waals surface area contributed by atoms with E-state index in [1.54, 1.807) is 19.2 Å². The molecule has 0 aliphatic carbocycles. The highest BCUT2D eigenvalue weighted by Crippen LogP contribution is 2.12. The highest BCUT2D eigenvalue weighted by Gasteiger charge is 2.12. The zero-order chi connectivity index (χ0) is 14.4. The molecule has 0 saturated carbocycles. The van der Waals surface area contributed by atoms with Crippen molar-refractivity contribution in [2.24, 2.45) is 10.7 Å². The first-order chi connectivity index (χ1) is 9.70. The van der Waals surface area contributed by atoms with Crippen LogP contribution in [0.4, 0.5) is 4.39 Å². The number of rotatable bonds is 4. The number of benzene rings is 1. The molecule has 0 aromatic heterocycles. The summed E-state index contributed by atoms with van der Waals surface area (Å²) in [6.45, 7) is 3.54. The van der Waals surface area contributed by atoms with Gasteiger partial charge >= 0.3 is 0 Å². The van der Waals surface area contributed by atoms with Gasteiger partial charge in [-0.1, -0.05) is 6.07 Å². The van der Waals surface area contributed by atoms with Gasteiger partial charge in [0.25, 0.3) is 0 Å². The van der Waals surface area contributed by atoms with E-state index in [4.69, 9.17) is 15.2 Å². The van der Waals surface area contributed by atoms with Crippen LogP contribution in [0.5, 0.6) is 0 Å². The normalized spacial score (nSPS) is 16.5. The summed E-state index contributed by atoms with van der Waals surface area (Å²) >= 11 is 0. The molecule has 20 heavy (non-hydrogen) atoms. The summed E-state index contributed by atoms with van der Waals surface area (Å²) in [6, 6.07) is 4.91. The van der Waals surface area contributed by atoms with Crippen LogP contribution in [0.3, 0.4) is 0 Å². The zero-order valence-corrected chi connectivity index (χ0v) is 11.6. The van der Waals surface area contributed by atoms with Gasteiger partial charge in [0.15, 0.2) is 5.96 Å². The lowest BCUT2D eigenvalue weighted by Crippen LogP contribution is -2.44. The summed E-state index contributed by atoms with van der Waals surface area (Å²) in [4.78, 5) is 6.34. The third-order valence-electron chi connectivity index (χ3n) is 3.17. The van der Waals surface area contributed by atoms with E-state index in [0.717, 1.165) is 18.7 Å². The third-order valence-corrected chi connectivity index (χ3v) is 3.17. The molecule has 6 heteroatoms. The van der Waals surface area contributed by atoms with E-state index in [0.29, 0.717) is 31.3 Å². The Kier molecular flexibility index (Phi) is 5.31. The summed E-state index contributed by atoms with van der Waals surface area (Å²) in [5.41, 5.74) is 7.39. The monoisotopic (exact) mass is 281 g/mol. The predicted octanol–water partition coefficient (Wildman–Crippen LogP) is 1.12. The molecule has 1 fully saturated rings. The van der Waals surface area contributed by atoms with Crippen molar-refractivity contribution in [2.75, 3.05) is 33.4 Å². The van der Waals surface area contributed by atoms with Crippen molar-refractivity contribution in [1.82, 2.24) is 4.90 Å². The Balaban J connectivity index is 2.00. The van der Waals surface area contributed by atoms with Crippen LogP contribution in [0.25, 0.3) is 0 Å². The average Bonchev–Trinajstić information content (AvgIpc) is 2.49. The van der Waals surface area contributed by atoms with Crippen molar-refractivity contribution >= 4 is 5.96 Å². The van der Waals surface area contributed by atoms with Crippen LogP contribution < -0.4 is 5.73 Å². The molecule has 0 amide bonds. The van der Waals surface area contributed by atoms with Crippen LogP contribution in [-0.4, -0.2) is 44.3 Å². The smallest absolute Gasteiger partial charge is 0.191 e. The summed E-state index contributed by atoms with van der Waals surface area (Å²) in [5, 5.41) is 0. The molecular weight excluding hydrogens is 261 g/mol. The number of ether oxygens (including phenoxy) is 2. The standard InChI is InChI=1S/C14H20FN3O2/c1-19-10-12-8-11(2-3-13(12)15)9-17-14(16)18-4-6-20-7-5-18/h2-3,8H,4-7,9-10H2,1H3,(H2,16,17). The van der Waals surface area contributed by atoms with Crippen LogP contribution in [0.2, 0.25) is 0 Å². The molecule has 1 aliphatic rings. The first-order valence-corrected chi connectivity index (χ1v) is 6.59. The summed E-state index contributed by atoms with van der Waals surface area (Å²) in [6.07, 6.45) is 0. The molecule has 1 saturated heterocycles. The van der Waals surface area contributed by atoms with Crippen LogP contribution in [0.1, 0.15) is 11.1 Å². The van der Waals surface area contributed by atoms with Gasteiger partial charge in [0.05, 0.1) is 26.4 Å². The number of guanidine groups is 1. The first kappa shape index (κ1) is 14.7. The number of aliphatic imine (C=N–C) groups is 1.